The number of piperidine rings is 1. The molecule has 2 aliphatic rings. The Balaban J connectivity index is 1.59. The lowest BCUT2D eigenvalue weighted by atomic mass is 9.94. The van der Waals surface area contributed by atoms with Crippen LogP contribution in [0.3, 0.4) is 0 Å². The molecular weight excluding hydrogens is 404 g/mol. The molecule has 170 valence electrons. The first-order valence-corrected chi connectivity index (χ1v) is 11.4. The van der Waals surface area contributed by atoms with E-state index in [0.717, 1.165) is 48.6 Å². The van der Waals surface area contributed by atoms with E-state index in [1.165, 1.54) is 13.3 Å². The van der Waals surface area contributed by atoms with Crippen molar-refractivity contribution in [1.29, 1.82) is 0 Å². The van der Waals surface area contributed by atoms with Crippen molar-refractivity contribution in [2.45, 2.75) is 52.2 Å². The van der Waals surface area contributed by atoms with E-state index in [1.807, 2.05) is 49.1 Å². The SMILES string of the molecule is CC(=O)NC(C)(C)c1ccc(N2CCOCc3cc(C(=O)N4CCCCC4)cnc32)cc1. The van der Waals surface area contributed by atoms with Crippen molar-refractivity contribution in [3.05, 3.63) is 53.2 Å². The van der Waals surface area contributed by atoms with Gasteiger partial charge >= 0.3 is 0 Å². The molecule has 1 fully saturated rings. The summed E-state index contributed by atoms with van der Waals surface area (Å²) in [4.78, 5) is 33.2. The van der Waals surface area contributed by atoms with Gasteiger partial charge in [0.05, 0.1) is 24.3 Å². The fraction of sp³-hybridized carbons (Fsp3) is 0.480. The van der Waals surface area contributed by atoms with Crippen LogP contribution in [-0.4, -0.2) is 47.9 Å². The number of fused-ring (bicyclic) bond motifs is 1. The third-order valence-electron chi connectivity index (χ3n) is 6.19. The molecule has 2 aliphatic heterocycles. The Labute approximate surface area is 189 Å². The summed E-state index contributed by atoms with van der Waals surface area (Å²) in [5.41, 5.74) is 3.13. The second kappa shape index (κ2) is 9.28. The Hall–Kier alpha value is -2.93. The van der Waals surface area contributed by atoms with E-state index in [9.17, 15) is 9.59 Å². The quantitative estimate of drug-likeness (QED) is 0.790. The molecule has 7 nitrogen and oxygen atoms in total. The van der Waals surface area contributed by atoms with Crippen molar-refractivity contribution in [2.75, 3.05) is 31.1 Å². The van der Waals surface area contributed by atoms with Gasteiger partial charge in [-0.2, -0.15) is 0 Å². The van der Waals surface area contributed by atoms with E-state index in [4.69, 9.17) is 9.72 Å². The third kappa shape index (κ3) is 4.78. The van der Waals surface area contributed by atoms with Crippen LogP contribution >= 0.6 is 0 Å². The number of anilines is 2. The Kier molecular flexibility index (Phi) is 6.46. The highest BCUT2D eigenvalue weighted by Gasteiger charge is 2.25. The van der Waals surface area contributed by atoms with E-state index in [2.05, 4.69) is 10.2 Å². The van der Waals surface area contributed by atoms with Crippen molar-refractivity contribution >= 4 is 23.3 Å². The van der Waals surface area contributed by atoms with Crippen molar-refractivity contribution in [3.63, 3.8) is 0 Å². The molecule has 32 heavy (non-hydrogen) atoms. The minimum absolute atomic E-state index is 0.0559. The Bertz CT molecular complexity index is 981. The number of nitrogens with zero attached hydrogens (tertiary/aromatic N) is 3. The zero-order valence-corrected chi connectivity index (χ0v) is 19.2. The van der Waals surface area contributed by atoms with E-state index in [0.29, 0.717) is 25.3 Å². The van der Waals surface area contributed by atoms with Gasteiger partial charge in [-0.05, 0) is 56.9 Å². The van der Waals surface area contributed by atoms with Crippen LogP contribution < -0.4 is 10.2 Å². The standard InChI is InChI=1S/C25H32N4O3/c1-18(30)27-25(2,3)21-7-9-22(10-8-21)29-13-14-32-17-20-15-19(16-26-23(20)29)24(31)28-11-5-4-6-12-28/h7-10,15-16H,4-6,11-14,17H2,1-3H3,(H,27,30). The first kappa shape index (κ1) is 22.3. The highest BCUT2D eigenvalue weighted by atomic mass is 16.5. The summed E-state index contributed by atoms with van der Waals surface area (Å²) < 4.78 is 5.82. The molecular formula is C25H32N4O3. The molecule has 7 heteroatoms. The monoisotopic (exact) mass is 436 g/mol. The Morgan fingerprint density at radius 1 is 1.06 bits per heavy atom. The predicted molar refractivity (Wildman–Crippen MR) is 124 cm³/mol. The van der Waals surface area contributed by atoms with Crippen LogP contribution in [0.1, 0.15) is 61.5 Å². The van der Waals surface area contributed by atoms with Crippen LogP contribution in [-0.2, 0) is 21.7 Å². The normalized spacial score (nSPS) is 16.8. The van der Waals surface area contributed by atoms with Gasteiger partial charge in [0.1, 0.15) is 5.82 Å². The van der Waals surface area contributed by atoms with E-state index in [1.54, 1.807) is 6.20 Å². The minimum Gasteiger partial charge on any atom is -0.375 e. The van der Waals surface area contributed by atoms with E-state index >= 15 is 0 Å². The smallest absolute Gasteiger partial charge is 0.255 e. The number of amides is 2. The number of carbonyl (C=O) groups is 2. The maximum atomic E-state index is 12.9. The fourth-order valence-corrected chi connectivity index (χ4v) is 4.51. The number of hydrogen-bond acceptors (Lipinski definition) is 5. The Morgan fingerprint density at radius 2 is 1.78 bits per heavy atom. The molecule has 0 aliphatic carbocycles. The minimum atomic E-state index is -0.452. The lowest BCUT2D eigenvalue weighted by Gasteiger charge is -2.28. The van der Waals surface area contributed by atoms with Crippen LogP contribution in [0.25, 0.3) is 0 Å². The number of pyridine rings is 1. The zero-order valence-electron chi connectivity index (χ0n) is 19.2. The summed E-state index contributed by atoms with van der Waals surface area (Å²) in [6.07, 6.45) is 5.02. The number of aromatic nitrogens is 1. The number of benzene rings is 1. The van der Waals surface area contributed by atoms with Crippen molar-refractivity contribution < 1.29 is 14.3 Å². The second-order valence-electron chi connectivity index (χ2n) is 9.12. The van der Waals surface area contributed by atoms with Crippen molar-refractivity contribution in [2.24, 2.45) is 0 Å². The molecule has 4 rings (SSSR count). The van der Waals surface area contributed by atoms with Crippen LogP contribution in [0.5, 0.6) is 0 Å². The summed E-state index contributed by atoms with van der Waals surface area (Å²) >= 11 is 0. The number of carbonyl (C=O) groups excluding carboxylic acids is 2. The van der Waals surface area contributed by atoms with Crippen LogP contribution in [0.4, 0.5) is 11.5 Å². The van der Waals surface area contributed by atoms with Gasteiger partial charge in [0.2, 0.25) is 5.91 Å². The molecule has 1 saturated heterocycles. The van der Waals surface area contributed by atoms with Crippen LogP contribution in [0.15, 0.2) is 36.5 Å². The van der Waals surface area contributed by atoms with Gasteiger partial charge in [-0.3, -0.25) is 9.59 Å². The molecule has 0 spiro atoms. The maximum absolute atomic E-state index is 12.9. The van der Waals surface area contributed by atoms with Gasteiger partial charge in [-0.15, -0.1) is 0 Å². The molecule has 3 heterocycles. The fourth-order valence-electron chi connectivity index (χ4n) is 4.51. The van der Waals surface area contributed by atoms with Crippen molar-refractivity contribution in [1.82, 2.24) is 15.2 Å². The highest BCUT2D eigenvalue weighted by Crippen LogP contribution is 2.31. The predicted octanol–water partition coefficient (Wildman–Crippen LogP) is 3.75. The molecule has 2 amide bonds. The van der Waals surface area contributed by atoms with Crippen LogP contribution in [0.2, 0.25) is 0 Å². The van der Waals surface area contributed by atoms with E-state index < -0.39 is 5.54 Å². The largest absolute Gasteiger partial charge is 0.375 e. The molecule has 1 N–H and O–H groups in total. The molecule has 1 aromatic carbocycles. The van der Waals surface area contributed by atoms with Gasteiger partial charge in [0, 0.05) is 44.0 Å². The first-order chi connectivity index (χ1) is 15.3. The van der Waals surface area contributed by atoms with Gasteiger partial charge < -0.3 is 19.9 Å². The van der Waals surface area contributed by atoms with Crippen LogP contribution in [0, 0.1) is 0 Å². The molecule has 2 aromatic rings. The number of likely N-dealkylation sites (tertiary alicyclic amines) is 1. The summed E-state index contributed by atoms with van der Waals surface area (Å²) in [6.45, 7) is 8.83. The highest BCUT2D eigenvalue weighted by molar-refractivity contribution is 5.94. The summed E-state index contributed by atoms with van der Waals surface area (Å²) in [7, 11) is 0. The molecule has 0 saturated carbocycles. The number of rotatable bonds is 4. The molecule has 0 radical (unpaired) electrons. The second-order valence-corrected chi connectivity index (χ2v) is 9.12. The Morgan fingerprint density at radius 3 is 2.47 bits per heavy atom. The average Bonchev–Trinajstić information content (AvgIpc) is 3.00. The molecule has 0 unspecified atom stereocenters. The first-order valence-electron chi connectivity index (χ1n) is 11.4. The molecule has 1 aromatic heterocycles. The van der Waals surface area contributed by atoms with Gasteiger partial charge in [-0.25, -0.2) is 4.98 Å². The molecule has 0 bridgehead atoms. The lowest BCUT2D eigenvalue weighted by Crippen LogP contribution is -2.39. The maximum Gasteiger partial charge on any atom is 0.255 e. The summed E-state index contributed by atoms with van der Waals surface area (Å²) in [5, 5.41) is 2.98. The van der Waals surface area contributed by atoms with Gasteiger partial charge in [0.15, 0.2) is 0 Å². The van der Waals surface area contributed by atoms with Crippen molar-refractivity contribution in [3.8, 4) is 0 Å². The summed E-state index contributed by atoms with van der Waals surface area (Å²) in [6, 6.07) is 10.1. The topological polar surface area (TPSA) is 74.8 Å². The van der Waals surface area contributed by atoms with Gasteiger partial charge in [-0.1, -0.05) is 12.1 Å². The third-order valence-corrected chi connectivity index (χ3v) is 6.19. The zero-order chi connectivity index (χ0) is 22.7. The van der Waals surface area contributed by atoms with Gasteiger partial charge in [0.25, 0.3) is 5.91 Å². The summed E-state index contributed by atoms with van der Waals surface area (Å²) in [5.74, 6) is 0.823. The molecule has 0 atom stereocenters. The average molecular weight is 437 g/mol. The number of ether oxygens (including phenoxy) is 1. The number of hydrogen-bond donors (Lipinski definition) is 1. The number of nitrogens with one attached hydrogen (secondary N) is 1. The lowest BCUT2D eigenvalue weighted by molar-refractivity contribution is -0.120. The van der Waals surface area contributed by atoms with E-state index in [-0.39, 0.29) is 11.8 Å².